The SMILES string of the molecule is Cc1ccc(C(=O)N2C[C@@H](C(=O)O)[C@H](c3ccncc3)C2)cn1. The molecule has 0 aliphatic carbocycles. The van der Waals surface area contributed by atoms with Gasteiger partial charge >= 0.3 is 5.97 Å². The summed E-state index contributed by atoms with van der Waals surface area (Å²) in [7, 11) is 0. The van der Waals surface area contributed by atoms with E-state index in [0.29, 0.717) is 12.1 Å². The first kappa shape index (κ1) is 15.1. The molecule has 23 heavy (non-hydrogen) atoms. The molecule has 6 nitrogen and oxygen atoms in total. The Morgan fingerprint density at radius 1 is 1.17 bits per heavy atom. The molecule has 0 radical (unpaired) electrons. The first-order chi connectivity index (χ1) is 11.1. The highest BCUT2D eigenvalue weighted by Gasteiger charge is 2.40. The lowest BCUT2D eigenvalue weighted by molar-refractivity contribution is -0.141. The lowest BCUT2D eigenvalue weighted by Crippen LogP contribution is -2.30. The highest BCUT2D eigenvalue weighted by molar-refractivity contribution is 5.94. The van der Waals surface area contributed by atoms with Crippen LogP contribution in [0.25, 0.3) is 0 Å². The van der Waals surface area contributed by atoms with Crippen molar-refractivity contribution in [2.24, 2.45) is 5.92 Å². The van der Waals surface area contributed by atoms with E-state index >= 15 is 0 Å². The maximum Gasteiger partial charge on any atom is 0.308 e. The molecule has 1 aliphatic rings. The van der Waals surface area contributed by atoms with Gasteiger partial charge in [-0.3, -0.25) is 19.6 Å². The molecule has 2 atom stereocenters. The van der Waals surface area contributed by atoms with Gasteiger partial charge in [0.05, 0.1) is 11.5 Å². The smallest absolute Gasteiger partial charge is 0.308 e. The summed E-state index contributed by atoms with van der Waals surface area (Å²) in [5.41, 5.74) is 2.21. The topological polar surface area (TPSA) is 83.4 Å². The fourth-order valence-electron chi connectivity index (χ4n) is 2.95. The zero-order valence-corrected chi connectivity index (χ0v) is 12.7. The number of rotatable bonds is 3. The zero-order chi connectivity index (χ0) is 16.4. The molecule has 6 heteroatoms. The Hall–Kier alpha value is -2.76. The summed E-state index contributed by atoms with van der Waals surface area (Å²) < 4.78 is 0. The number of carbonyl (C=O) groups is 2. The van der Waals surface area contributed by atoms with E-state index in [2.05, 4.69) is 9.97 Å². The van der Waals surface area contributed by atoms with Gasteiger partial charge in [0.2, 0.25) is 0 Å². The molecule has 118 valence electrons. The molecular formula is C17H17N3O3. The van der Waals surface area contributed by atoms with Crippen LogP contribution in [0.5, 0.6) is 0 Å². The number of hydrogen-bond donors (Lipinski definition) is 1. The predicted octanol–water partition coefficient (Wildman–Crippen LogP) is 1.73. The van der Waals surface area contributed by atoms with Crippen molar-refractivity contribution in [2.75, 3.05) is 13.1 Å². The lowest BCUT2D eigenvalue weighted by Gasteiger charge is -2.16. The van der Waals surface area contributed by atoms with Gasteiger partial charge in [0.15, 0.2) is 0 Å². The second-order valence-electron chi connectivity index (χ2n) is 5.73. The van der Waals surface area contributed by atoms with Crippen LogP contribution in [0.3, 0.4) is 0 Å². The van der Waals surface area contributed by atoms with E-state index in [4.69, 9.17) is 0 Å². The number of carbonyl (C=O) groups excluding carboxylic acids is 1. The van der Waals surface area contributed by atoms with Gasteiger partial charge in [-0.1, -0.05) is 0 Å². The van der Waals surface area contributed by atoms with Crippen molar-refractivity contribution in [2.45, 2.75) is 12.8 Å². The molecule has 1 saturated heterocycles. The van der Waals surface area contributed by atoms with Crippen molar-refractivity contribution in [1.29, 1.82) is 0 Å². The second kappa shape index (κ2) is 6.16. The van der Waals surface area contributed by atoms with Crippen LogP contribution in [-0.4, -0.2) is 44.9 Å². The van der Waals surface area contributed by atoms with Crippen LogP contribution in [-0.2, 0) is 4.79 Å². The maximum atomic E-state index is 12.6. The largest absolute Gasteiger partial charge is 0.481 e. The van der Waals surface area contributed by atoms with Crippen molar-refractivity contribution in [3.8, 4) is 0 Å². The van der Waals surface area contributed by atoms with E-state index in [-0.39, 0.29) is 18.4 Å². The number of aryl methyl sites for hydroxylation is 1. The number of carboxylic acid groups (broad SMARTS) is 1. The van der Waals surface area contributed by atoms with E-state index in [1.165, 1.54) is 6.20 Å². The number of aromatic nitrogens is 2. The zero-order valence-electron chi connectivity index (χ0n) is 12.7. The Kier molecular flexibility index (Phi) is 4.06. The molecule has 1 fully saturated rings. The molecule has 0 saturated carbocycles. The van der Waals surface area contributed by atoms with Crippen LogP contribution in [0.15, 0.2) is 42.9 Å². The van der Waals surface area contributed by atoms with Crippen molar-refractivity contribution < 1.29 is 14.7 Å². The molecule has 0 bridgehead atoms. The summed E-state index contributed by atoms with van der Waals surface area (Å²) in [6, 6.07) is 7.11. The van der Waals surface area contributed by atoms with Gasteiger partial charge in [0.25, 0.3) is 5.91 Å². The monoisotopic (exact) mass is 311 g/mol. The number of amides is 1. The average molecular weight is 311 g/mol. The molecule has 1 N–H and O–H groups in total. The van der Waals surface area contributed by atoms with Gasteiger partial charge in [0.1, 0.15) is 0 Å². The molecule has 2 aromatic rings. The molecular weight excluding hydrogens is 294 g/mol. The minimum Gasteiger partial charge on any atom is -0.481 e. The second-order valence-corrected chi connectivity index (χ2v) is 5.73. The van der Waals surface area contributed by atoms with Gasteiger partial charge in [-0.15, -0.1) is 0 Å². The normalized spacial score (nSPS) is 20.5. The van der Waals surface area contributed by atoms with Crippen LogP contribution >= 0.6 is 0 Å². The van der Waals surface area contributed by atoms with E-state index in [9.17, 15) is 14.7 Å². The van der Waals surface area contributed by atoms with Gasteiger partial charge in [-0.05, 0) is 36.8 Å². The molecule has 0 unspecified atom stereocenters. The summed E-state index contributed by atoms with van der Waals surface area (Å²) in [5.74, 6) is -1.90. The molecule has 2 aromatic heterocycles. The summed E-state index contributed by atoms with van der Waals surface area (Å²) in [4.78, 5) is 33.8. The van der Waals surface area contributed by atoms with Crippen LogP contribution in [0.2, 0.25) is 0 Å². The maximum absolute atomic E-state index is 12.6. The quantitative estimate of drug-likeness (QED) is 0.933. The van der Waals surface area contributed by atoms with Gasteiger partial charge in [-0.2, -0.15) is 0 Å². The minimum atomic E-state index is -0.885. The predicted molar refractivity (Wildman–Crippen MR) is 83.0 cm³/mol. The third kappa shape index (κ3) is 3.06. The number of likely N-dealkylation sites (tertiary alicyclic amines) is 1. The van der Waals surface area contributed by atoms with Crippen LogP contribution < -0.4 is 0 Å². The average Bonchev–Trinajstić information content (AvgIpc) is 3.01. The highest BCUT2D eigenvalue weighted by Crippen LogP contribution is 2.33. The molecule has 3 rings (SSSR count). The molecule has 0 aromatic carbocycles. The van der Waals surface area contributed by atoms with Crippen LogP contribution in [0.4, 0.5) is 0 Å². The number of aliphatic carboxylic acids is 1. The Bertz CT molecular complexity index is 716. The Morgan fingerprint density at radius 3 is 2.52 bits per heavy atom. The summed E-state index contributed by atoms with van der Waals surface area (Å²) in [6.45, 7) is 2.44. The van der Waals surface area contributed by atoms with Crippen LogP contribution in [0.1, 0.15) is 27.5 Å². The van der Waals surface area contributed by atoms with Gasteiger partial charge in [-0.25, -0.2) is 0 Å². The van der Waals surface area contributed by atoms with Gasteiger partial charge in [0, 0.05) is 43.3 Å². The summed E-state index contributed by atoms with van der Waals surface area (Å²) in [5, 5.41) is 9.49. The van der Waals surface area contributed by atoms with Crippen molar-refractivity contribution in [3.05, 3.63) is 59.7 Å². The van der Waals surface area contributed by atoms with E-state index in [1.807, 2.05) is 19.1 Å². The van der Waals surface area contributed by atoms with E-state index < -0.39 is 11.9 Å². The first-order valence-electron chi connectivity index (χ1n) is 7.41. The van der Waals surface area contributed by atoms with Crippen molar-refractivity contribution >= 4 is 11.9 Å². The van der Waals surface area contributed by atoms with Crippen LogP contribution in [0, 0.1) is 12.8 Å². The summed E-state index contributed by atoms with van der Waals surface area (Å²) in [6.07, 6.45) is 4.82. The van der Waals surface area contributed by atoms with Crippen molar-refractivity contribution in [1.82, 2.24) is 14.9 Å². The fourth-order valence-corrected chi connectivity index (χ4v) is 2.95. The third-order valence-corrected chi connectivity index (χ3v) is 4.22. The Labute approximate surface area is 133 Å². The molecule has 3 heterocycles. The number of nitrogens with zero attached hydrogens (tertiary/aromatic N) is 3. The standard InChI is InChI=1S/C17H17N3O3/c1-11-2-3-13(8-19-11)16(21)20-9-14(15(10-20)17(22)23)12-4-6-18-7-5-12/h2-8,14-15H,9-10H2,1H3,(H,22,23)/t14-,15+/m0/s1. The van der Waals surface area contributed by atoms with E-state index in [1.54, 1.807) is 29.4 Å². The van der Waals surface area contributed by atoms with E-state index in [0.717, 1.165) is 11.3 Å². The number of pyridine rings is 2. The Balaban J connectivity index is 1.84. The fraction of sp³-hybridized carbons (Fsp3) is 0.294. The number of carboxylic acids is 1. The molecule has 1 aliphatic heterocycles. The summed E-state index contributed by atoms with van der Waals surface area (Å²) >= 11 is 0. The lowest BCUT2D eigenvalue weighted by atomic mass is 9.90. The van der Waals surface area contributed by atoms with Crippen molar-refractivity contribution in [3.63, 3.8) is 0 Å². The first-order valence-corrected chi connectivity index (χ1v) is 7.41. The molecule has 0 spiro atoms. The highest BCUT2D eigenvalue weighted by atomic mass is 16.4. The minimum absolute atomic E-state index is 0.180. The number of hydrogen-bond acceptors (Lipinski definition) is 4. The van der Waals surface area contributed by atoms with Gasteiger partial charge < -0.3 is 10.0 Å². The third-order valence-electron chi connectivity index (χ3n) is 4.22. The Morgan fingerprint density at radius 2 is 1.91 bits per heavy atom. The molecule has 1 amide bonds.